The molecule has 1 atom stereocenters. The first-order chi connectivity index (χ1) is 14.6. The third kappa shape index (κ3) is 3.33. The van der Waals surface area contributed by atoms with Crippen LogP contribution in [-0.2, 0) is 0 Å². The van der Waals surface area contributed by atoms with Crippen molar-refractivity contribution in [2.24, 2.45) is 0 Å². The van der Waals surface area contributed by atoms with E-state index in [1.54, 1.807) is 12.7 Å². The lowest BCUT2D eigenvalue weighted by atomic mass is 10.0. The van der Waals surface area contributed by atoms with Crippen molar-refractivity contribution in [1.82, 2.24) is 29.8 Å². The van der Waals surface area contributed by atoms with Crippen LogP contribution in [0.1, 0.15) is 24.2 Å². The summed E-state index contributed by atoms with van der Waals surface area (Å²) in [6.07, 6.45) is 3.18. The molecular weight excluding hydrogens is 376 g/mol. The number of nitrogens with zero attached hydrogens (tertiary/aromatic N) is 6. The van der Waals surface area contributed by atoms with Crippen LogP contribution in [0, 0.1) is 6.92 Å². The van der Waals surface area contributed by atoms with Gasteiger partial charge in [0.2, 0.25) is 0 Å². The molecule has 1 fully saturated rings. The Hall–Kier alpha value is -3.26. The van der Waals surface area contributed by atoms with Gasteiger partial charge in [-0.1, -0.05) is 18.2 Å². The van der Waals surface area contributed by atoms with Crippen LogP contribution in [-0.4, -0.2) is 63.0 Å². The molecule has 8 heteroatoms. The number of rotatable bonds is 4. The Kier molecular flexibility index (Phi) is 4.71. The quantitative estimate of drug-likeness (QED) is 0.542. The van der Waals surface area contributed by atoms with Crippen molar-refractivity contribution >= 4 is 33.6 Å². The molecule has 1 aromatic carbocycles. The summed E-state index contributed by atoms with van der Waals surface area (Å²) < 4.78 is 0. The van der Waals surface area contributed by atoms with E-state index >= 15 is 0 Å². The van der Waals surface area contributed by atoms with Crippen molar-refractivity contribution in [3.8, 4) is 0 Å². The zero-order valence-electron chi connectivity index (χ0n) is 17.6. The van der Waals surface area contributed by atoms with Gasteiger partial charge in [0, 0.05) is 31.6 Å². The minimum Gasteiger partial charge on any atom is -0.360 e. The Bertz CT molecular complexity index is 1190. The van der Waals surface area contributed by atoms with E-state index in [9.17, 15) is 0 Å². The maximum Gasteiger partial charge on any atom is 0.162 e. The molecule has 1 aliphatic heterocycles. The average molecular weight is 403 g/mol. The number of likely N-dealkylation sites (N-methyl/N-ethyl adjacent to an activating group) is 1. The molecule has 0 radical (unpaired) electrons. The molecule has 1 saturated heterocycles. The van der Waals surface area contributed by atoms with Crippen LogP contribution >= 0.6 is 0 Å². The van der Waals surface area contributed by atoms with Gasteiger partial charge in [0.1, 0.15) is 17.7 Å². The number of fused-ring (bicyclic) bond motifs is 2. The molecule has 30 heavy (non-hydrogen) atoms. The number of anilines is 2. The summed E-state index contributed by atoms with van der Waals surface area (Å²) in [4.78, 5) is 25.9. The highest BCUT2D eigenvalue weighted by Gasteiger charge is 2.21. The predicted molar refractivity (Wildman–Crippen MR) is 120 cm³/mol. The summed E-state index contributed by atoms with van der Waals surface area (Å²) in [5, 5.41) is 5.94. The molecule has 4 aromatic rings. The van der Waals surface area contributed by atoms with Crippen LogP contribution < -0.4 is 10.2 Å². The van der Waals surface area contributed by atoms with Gasteiger partial charge in [-0.2, -0.15) is 0 Å². The van der Waals surface area contributed by atoms with Gasteiger partial charge in [0.15, 0.2) is 11.5 Å². The highest BCUT2D eigenvalue weighted by Crippen LogP contribution is 2.32. The number of aryl methyl sites for hydroxylation is 1. The standard InChI is InChI=1S/C22H26N8/c1-14-5-4-6-16-11-17(28-22(18(14)16)30-9-7-29(3)8-10-30)15(2)27-21-19-20(24-12-23-19)25-13-26-21/h4-6,11-13,15H,7-10H2,1-3H3,(H2,23,24,25,26,27)/t15-/m0/s1. The molecule has 0 saturated carbocycles. The first-order valence-corrected chi connectivity index (χ1v) is 10.3. The second kappa shape index (κ2) is 7.53. The predicted octanol–water partition coefficient (Wildman–Crippen LogP) is 3.13. The highest BCUT2D eigenvalue weighted by atomic mass is 15.3. The summed E-state index contributed by atoms with van der Waals surface area (Å²) in [6, 6.07) is 8.61. The second-order valence-corrected chi connectivity index (χ2v) is 8.02. The summed E-state index contributed by atoms with van der Waals surface area (Å²) in [7, 11) is 2.17. The maximum atomic E-state index is 5.15. The van der Waals surface area contributed by atoms with Crippen LogP contribution in [0.2, 0.25) is 0 Å². The van der Waals surface area contributed by atoms with Crippen molar-refractivity contribution in [1.29, 1.82) is 0 Å². The van der Waals surface area contributed by atoms with E-state index in [-0.39, 0.29) is 6.04 Å². The Morgan fingerprint density at radius 2 is 1.93 bits per heavy atom. The molecule has 3 aromatic heterocycles. The highest BCUT2D eigenvalue weighted by molar-refractivity contribution is 5.95. The van der Waals surface area contributed by atoms with Gasteiger partial charge in [-0.15, -0.1) is 0 Å². The number of imidazole rings is 1. The lowest BCUT2D eigenvalue weighted by Crippen LogP contribution is -2.45. The number of nitrogens with one attached hydrogen (secondary N) is 2. The van der Waals surface area contributed by atoms with E-state index in [0.29, 0.717) is 5.82 Å². The number of piperazine rings is 1. The van der Waals surface area contributed by atoms with Crippen molar-refractivity contribution < 1.29 is 0 Å². The minimum absolute atomic E-state index is 0.0315. The zero-order chi connectivity index (χ0) is 20.7. The topological polar surface area (TPSA) is 85.9 Å². The number of hydrogen-bond donors (Lipinski definition) is 2. The first kappa shape index (κ1) is 18.7. The third-order valence-corrected chi connectivity index (χ3v) is 5.88. The number of benzene rings is 1. The van der Waals surface area contributed by atoms with E-state index in [1.165, 1.54) is 16.3 Å². The fraction of sp³-hybridized carbons (Fsp3) is 0.364. The largest absolute Gasteiger partial charge is 0.360 e. The van der Waals surface area contributed by atoms with Crippen molar-refractivity contribution in [2.45, 2.75) is 19.9 Å². The normalized spacial score (nSPS) is 16.3. The molecule has 8 nitrogen and oxygen atoms in total. The van der Waals surface area contributed by atoms with E-state index in [4.69, 9.17) is 4.98 Å². The number of hydrogen-bond acceptors (Lipinski definition) is 7. The van der Waals surface area contributed by atoms with Crippen molar-refractivity contribution in [3.05, 3.63) is 48.2 Å². The van der Waals surface area contributed by atoms with Gasteiger partial charge in [0.05, 0.1) is 18.1 Å². The lowest BCUT2D eigenvalue weighted by Gasteiger charge is -2.34. The Morgan fingerprint density at radius 3 is 2.77 bits per heavy atom. The molecule has 4 heterocycles. The number of aromatic nitrogens is 5. The van der Waals surface area contributed by atoms with Crippen LogP contribution in [0.5, 0.6) is 0 Å². The average Bonchev–Trinajstić information content (AvgIpc) is 3.24. The van der Waals surface area contributed by atoms with E-state index < -0.39 is 0 Å². The van der Waals surface area contributed by atoms with Crippen LogP contribution in [0.25, 0.3) is 21.9 Å². The smallest absolute Gasteiger partial charge is 0.162 e. The fourth-order valence-corrected chi connectivity index (χ4v) is 4.10. The molecule has 0 unspecified atom stereocenters. The fourth-order valence-electron chi connectivity index (χ4n) is 4.10. The molecular formula is C22H26N8. The SMILES string of the molecule is Cc1cccc2cc([C@H](C)Nc3ncnc4[nH]cnc34)nc(N3CCN(C)CC3)c12. The van der Waals surface area contributed by atoms with Crippen molar-refractivity contribution in [3.63, 3.8) is 0 Å². The Labute approximate surface area is 175 Å². The summed E-state index contributed by atoms with van der Waals surface area (Å²) in [6.45, 7) is 8.34. The second-order valence-electron chi connectivity index (χ2n) is 8.02. The summed E-state index contributed by atoms with van der Waals surface area (Å²) >= 11 is 0. The number of aromatic amines is 1. The van der Waals surface area contributed by atoms with Gasteiger partial charge in [-0.05, 0) is 37.9 Å². The molecule has 0 bridgehead atoms. The molecule has 0 aliphatic carbocycles. The molecule has 154 valence electrons. The van der Waals surface area contributed by atoms with Gasteiger partial charge in [0.25, 0.3) is 0 Å². The van der Waals surface area contributed by atoms with Gasteiger partial charge < -0.3 is 20.1 Å². The Balaban J connectivity index is 1.55. The van der Waals surface area contributed by atoms with Crippen LogP contribution in [0.3, 0.4) is 0 Å². The first-order valence-electron chi connectivity index (χ1n) is 10.3. The molecule has 0 spiro atoms. The van der Waals surface area contributed by atoms with Gasteiger partial charge in [-0.25, -0.2) is 19.9 Å². The molecule has 2 N–H and O–H groups in total. The van der Waals surface area contributed by atoms with Crippen molar-refractivity contribution in [2.75, 3.05) is 43.4 Å². The zero-order valence-corrected chi connectivity index (χ0v) is 17.6. The van der Waals surface area contributed by atoms with Gasteiger partial charge in [-0.3, -0.25) is 0 Å². The van der Waals surface area contributed by atoms with E-state index in [2.05, 4.69) is 80.2 Å². The molecule has 1 aliphatic rings. The molecule has 5 rings (SSSR count). The van der Waals surface area contributed by atoms with Crippen LogP contribution in [0.15, 0.2) is 36.9 Å². The summed E-state index contributed by atoms with van der Waals surface area (Å²) in [5.74, 6) is 1.79. The van der Waals surface area contributed by atoms with E-state index in [1.807, 2.05) is 0 Å². The van der Waals surface area contributed by atoms with Crippen LogP contribution in [0.4, 0.5) is 11.6 Å². The minimum atomic E-state index is -0.0315. The summed E-state index contributed by atoms with van der Waals surface area (Å²) in [5.41, 5.74) is 3.71. The monoisotopic (exact) mass is 402 g/mol. The maximum absolute atomic E-state index is 5.15. The van der Waals surface area contributed by atoms with Gasteiger partial charge >= 0.3 is 0 Å². The Morgan fingerprint density at radius 1 is 1.10 bits per heavy atom. The van der Waals surface area contributed by atoms with E-state index in [0.717, 1.165) is 48.9 Å². The third-order valence-electron chi connectivity index (χ3n) is 5.88. The lowest BCUT2D eigenvalue weighted by molar-refractivity contribution is 0.312. The number of pyridine rings is 1. The number of H-pyrrole nitrogens is 1. The molecule has 0 amide bonds.